The molecule has 0 aromatic heterocycles. The van der Waals surface area contributed by atoms with Gasteiger partial charge in [0.15, 0.2) is 10.2 Å². The maximum absolute atomic E-state index is 5.13. The highest BCUT2D eigenvalue weighted by molar-refractivity contribution is 7.80. The van der Waals surface area contributed by atoms with Gasteiger partial charge in [-0.25, -0.2) is 0 Å². The zero-order chi connectivity index (χ0) is 15.2. The Balaban J connectivity index is 3.51. The van der Waals surface area contributed by atoms with Gasteiger partial charge in [-0.05, 0) is 43.2 Å². The average molecular weight is 315 g/mol. The van der Waals surface area contributed by atoms with Gasteiger partial charge in [0, 0.05) is 26.2 Å². The van der Waals surface area contributed by atoms with Gasteiger partial charge >= 0.3 is 0 Å². The van der Waals surface area contributed by atoms with Gasteiger partial charge in [0.2, 0.25) is 0 Å². The average Bonchev–Trinajstić information content (AvgIpc) is 2.45. The van der Waals surface area contributed by atoms with E-state index in [4.69, 9.17) is 24.4 Å². The van der Waals surface area contributed by atoms with Gasteiger partial charge in [0.25, 0.3) is 0 Å². The van der Waals surface area contributed by atoms with E-state index >= 15 is 0 Å². The Hall–Kier alpha value is -1.14. The second kappa shape index (κ2) is 12.9. The lowest BCUT2D eigenvalue weighted by Crippen LogP contribution is -2.38. The summed E-state index contributed by atoms with van der Waals surface area (Å²) in [5.74, 6) is 0.565. The lowest BCUT2D eigenvalue weighted by Gasteiger charge is -2.15. The predicted octanol–water partition coefficient (Wildman–Crippen LogP) is 1.70. The van der Waals surface area contributed by atoms with Crippen LogP contribution in [0.4, 0.5) is 0 Å². The molecular weight excluding hydrogens is 288 g/mol. The van der Waals surface area contributed by atoms with Crippen LogP contribution in [0.1, 0.15) is 19.8 Å². The summed E-state index contributed by atoms with van der Waals surface area (Å²) >= 11 is 10.2. The molecule has 0 radical (unpaired) electrons. The van der Waals surface area contributed by atoms with Crippen molar-refractivity contribution in [3.63, 3.8) is 0 Å². The van der Waals surface area contributed by atoms with Crippen molar-refractivity contribution >= 4 is 34.7 Å². The molecule has 6 heteroatoms. The van der Waals surface area contributed by atoms with Crippen LogP contribution < -0.4 is 21.3 Å². The van der Waals surface area contributed by atoms with Crippen LogP contribution in [0.5, 0.6) is 0 Å². The fraction of sp³-hybridized carbons (Fsp3) is 0.571. The molecule has 20 heavy (non-hydrogen) atoms. The Morgan fingerprint density at radius 3 is 2.10 bits per heavy atom. The summed E-state index contributed by atoms with van der Waals surface area (Å²) < 4.78 is 0. The van der Waals surface area contributed by atoms with Crippen LogP contribution in [0.2, 0.25) is 0 Å². The van der Waals surface area contributed by atoms with Crippen LogP contribution >= 0.6 is 24.4 Å². The number of hydrogen-bond acceptors (Lipinski definition) is 2. The van der Waals surface area contributed by atoms with Crippen molar-refractivity contribution in [2.24, 2.45) is 5.92 Å². The normalized spacial score (nSPS) is 11.1. The highest BCUT2D eigenvalue weighted by atomic mass is 32.1. The molecule has 114 valence electrons. The Morgan fingerprint density at radius 1 is 1.00 bits per heavy atom. The van der Waals surface area contributed by atoms with E-state index in [0.29, 0.717) is 29.2 Å². The first-order chi connectivity index (χ1) is 9.60. The van der Waals surface area contributed by atoms with Crippen molar-refractivity contribution in [3.8, 4) is 0 Å². The molecule has 0 rings (SSSR count). The minimum absolute atomic E-state index is 0.565. The van der Waals surface area contributed by atoms with Crippen molar-refractivity contribution < 1.29 is 0 Å². The zero-order valence-electron chi connectivity index (χ0n) is 12.2. The van der Waals surface area contributed by atoms with Gasteiger partial charge in [-0.15, -0.1) is 13.2 Å². The van der Waals surface area contributed by atoms with E-state index in [-0.39, 0.29) is 0 Å². The Bertz CT molecular complexity index is 318. The smallest absolute Gasteiger partial charge is 0.166 e. The Morgan fingerprint density at radius 2 is 1.55 bits per heavy atom. The molecule has 0 saturated carbocycles. The highest BCUT2D eigenvalue weighted by Gasteiger charge is 2.03. The molecule has 0 aromatic carbocycles. The molecule has 0 heterocycles. The summed E-state index contributed by atoms with van der Waals surface area (Å²) in [5, 5.41) is 13.8. The molecule has 0 bridgehead atoms. The third-order valence-corrected chi connectivity index (χ3v) is 3.16. The molecule has 0 aliphatic rings. The third-order valence-electron chi connectivity index (χ3n) is 2.58. The first kappa shape index (κ1) is 18.9. The fourth-order valence-electron chi connectivity index (χ4n) is 1.48. The molecule has 0 saturated heterocycles. The lowest BCUT2D eigenvalue weighted by molar-refractivity contribution is 0.498. The first-order valence-corrected chi connectivity index (χ1v) is 7.67. The number of hydrogen-bond donors (Lipinski definition) is 4. The third kappa shape index (κ3) is 11.9. The molecule has 4 N–H and O–H groups in total. The van der Waals surface area contributed by atoms with E-state index in [1.807, 2.05) is 0 Å². The molecule has 4 nitrogen and oxygen atoms in total. The van der Waals surface area contributed by atoms with Crippen molar-refractivity contribution in [2.45, 2.75) is 19.8 Å². The van der Waals surface area contributed by atoms with E-state index in [1.54, 1.807) is 12.2 Å². The van der Waals surface area contributed by atoms with Crippen molar-refractivity contribution in [1.29, 1.82) is 0 Å². The summed E-state index contributed by atoms with van der Waals surface area (Å²) in [6, 6.07) is 0. The summed E-state index contributed by atoms with van der Waals surface area (Å²) in [6.07, 6.45) is 5.76. The van der Waals surface area contributed by atoms with Gasteiger partial charge in [-0.1, -0.05) is 19.1 Å². The second-order valence-corrected chi connectivity index (χ2v) is 5.37. The highest BCUT2D eigenvalue weighted by Crippen LogP contribution is 2.02. The molecule has 0 aliphatic carbocycles. The molecular formula is C14H26N4S2. The Kier molecular flexibility index (Phi) is 12.1. The SMILES string of the molecule is C=CCNC(=S)NCCCC(C)CNC(=S)NCC=C. The topological polar surface area (TPSA) is 48.1 Å². The van der Waals surface area contributed by atoms with E-state index in [9.17, 15) is 0 Å². The van der Waals surface area contributed by atoms with Crippen LogP contribution in [-0.2, 0) is 0 Å². The summed E-state index contributed by atoms with van der Waals surface area (Å²) in [7, 11) is 0. The molecule has 1 atom stereocenters. The number of nitrogens with one attached hydrogen (secondary N) is 4. The molecule has 0 aliphatic heterocycles. The summed E-state index contributed by atoms with van der Waals surface area (Å²) in [5.41, 5.74) is 0. The van der Waals surface area contributed by atoms with Crippen LogP contribution in [0.3, 0.4) is 0 Å². The van der Waals surface area contributed by atoms with E-state index in [0.717, 1.165) is 25.9 Å². The monoisotopic (exact) mass is 314 g/mol. The van der Waals surface area contributed by atoms with E-state index in [1.165, 1.54) is 0 Å². The van der Waals surface area contributed by atoms with E-state index < -0.39 is 0 Å². The summed E-state index contributed by atoms with van der Waals surface area (Å²) in [6.45, 7) is 12.6. The standard InChI is InChI=1S/C14H26N4S2/c1-4-8-15-13(19)17-10-6-7-12(3)11-18-14(20)16-9-5-2/h4-5,12H,1-2,6-11H2,3H3,(H2,15,17,19)(H2,16,18,20). The van der Waals surface area contributed by atoms with Gasteiger partial charge in [-0.2, -0.15) is 0 Å². The summed E-state index contributed by atoms with van der Waals surface area (Å²) in [4.78, 5) is 0. The van der Waals surface area contributed by atoms with Crippen LogP contribution in [0.15, 0.2) is 25.3 Å². The maximum Gasteiger partial charge on any atom is 0.166 e. The predicted molar refractivity (Wildman–Crippen MR) is 96.0 cm³/mol. The van der Waals surface area contributed by atoms with Crippen LogP contribution in [0.25, 0.3) is 0 Å². The van der Waals surface area contributed by atoms with Gasteiger partial charge in [0.05, 0.1) is 0 Å². The first-order valence-electron chi connectivity index (χ1n) is 6.85. The maximum atomic E-state index is 5.13. The van der Waals surface area contributed by atoms with Crippen molar-refractivity contribution in [3.05, 3.63) is 25.3 Å². The van der Waals surface area contributed by atoms with Crippen molar-refractivity contribution in [2.75, 3.05) is 26.2 Å². The minimum Gasteiger partial charge on any atom is -0.363 e. The Labute approximate surface area is 133 Å². The minimum atomic E-state index is 0.565. The quantitative estimate of drug-likeness (QED) is 0.280. The molecule has 0 spiro atoms. The van der Waals surface area contributed by atoms with Gasteiger partial charge < -0.3 is 21.3 Å². The van der Waals surface area contributed by atoms with E-state index in [2.05, 4.69) is 41.3 Å². The number of thiocarbonyl (C=S) groups is 2. The lowest BCUT2D eigenvalue weighted by atomic mass is 10.1. The van der Waals surface area contributed by atoms with Crippen LogP contribution in [-0.4, -0.2) is 36.4 Å². The van der Waals surface area contributed by atoms with Gasteiger partial charge in [-0.3, -0.25) is 0 Å². The van der Waals surface area contributed by atoms with Crippen LogP contribution in [0, 0.1) is 5.92 Å². The van der Waals surface area contributed by atoms with Crippen molar-refractivity contribution in [1.82, 2.24) is 21.3 Å². The largest absolute Gasteiger partial charge is 0.363 e. The fourth-order valence-corrected chi connectivity index (χ4v) is 1.83. The molecule has 1 unspecified atom stereocenters. The zero-order valence-corrected chi connectivity index (χ0v) is 13.8. The van der Waals surface area contributed by atoms with Gasteiger partial charge in [0.1, 0.15) is 0 Å². The molecule has 0 aromatic rings. The number of rotatable bonds is 10. The molecule has 0 amide bonds. The second-order valence-electron chi connectivity index (χ2n) is 4.55. The molecule has 0 fully saturated rings.